The van der Waals surface area contributed by atoms with E-state index in [1.807, 2.05) is 13.1 Å². The van der Waals surface area contributed by atoms with E-state index in [-0.39, 0.29) is 18.6 Å². The number of methoxy groups -OCH3 is 1. The highest BCUT2D eigenvalue weighted by atomic mass is 16.7. The number of nitrogens with zero attached hydrogens (tertiary/aromatic N) is 2. The lowest BCUT2D eigenvalue weighted by Gasteiger charge is -2.36. The van der Waals surface area contributed by atoms with Crippen LogP contribution in [0.2, 0.25) is 0 Å². The predicted octanol–water partition coefficient (Wildman–Crippen LogP) is 2.93. The molecule has 0 amide bonds. The molecule has 0 spiro atoms. The first-order valence-corrected chi connectivity index (χ1v) is 8.83. The molecule has 2 heterocycles. The van der Waals surface area contributed by atoms with Crippen molar-refractivity contribution in [1.82, 2.24) is 4.90 Å². The van der Waals surface area contributed by atoms with Crippen LogP contribution in [0.1, 0.15) is 29.2 Å². The highest BCUT2D eigenvalue weighted by Crippen LogP contribution is 2.50. The van der Waals surface area contributed by atoms with E-state index >= 15 is 0 Å². The topological polar surface area (TPSA) is 83.8 Å². The van der Waals surface area contributed by atoms with Crippen LogP contribution in [0, 0.1) is 0 Å². The van der Waals surface area contributed by atoms with Gasteiger partial charge in [-0.15, -0.1) is 0 Å². The van der Waals surface area contributed by atoms with Crippen LogP contribution in [0.5, 0.6) is 23.0 Å². The molecule has 142 valence electrons. The molecule has 0 aliphatic carbocycles. The van der Waals surface area contributed by atoms with Crippen LogP contribution in [0.3, 0.4) is 0 Å². The highest BCUT2D eigenvalue weighted by Gasteiger charge is 2.35. The second-order valence-corrected chi connectivity index (χ2v) is 6.73. The smallest absolute Gasteiger partial charge is 0.231 e. The number of para-hydroxylation sites is 1. The van der Waals surface area contributed by atoms with Gasteiger partial charge in [0.1, 0.15) is 5.75 Å². The van der Waals surface area contributed by atoms with Gasteiger partial charge in [0, 0.05) is 30.1 Å². The number of benzene rings is 2. The van der Waals surface area contributed by atoms with E-state index in [9.17, 15) is 10.3 Å². The number of hydrogen-bond donors (Lipinski definition) is 2. The molecule has 0 radical (unpaired) electrons. The van der Waals surface area contributed by atoms with Crippen LogP contribution in [0.4, 0.5) is 0 Å². The molecular formula is C20H22N2O5. The number of likely N-dealkylation sites (N-methyl/N-ethyl adjacent to an activating group) is 1. The van der Waals surface area contributed by atoms with Crippen LogP contribution in [0.15, 0.2) is 35.5 Å². The molecule has 0 fully saturated rings. The van der Waals surface area contributed by atoms with E-state index in [0.717, 1.165) is 24.1 Å². The average molecular weight is 370 g/mol. The summed E-state index contributed by atoms with van der Waals surface area (Å²) < 4.78 is 16.9. The maximum atomic E-state index is 10.2. The van der Waals surface area contributed by atoms with Gasteiger partial charge in [-0.05, 0) is 37.2 Å². The summed E-state index contributed by atoms with van der Waals surface area (Å²) in [5.41, 5.74) is 3.07. The van der Waals surface area contributed by atoms with Gasteiger partial charge < -0.3 is 24.5 Å². The fraction of sp³-hybridized carbons (Fsp3) is 0.350. The molecule has 2 N–H and O–H groups in total. The summed E-state index contributed by atoms with van der Waals surface area (Å²) in [6.07, 6.45) is 1.27. The molecule has 2 aliphatic heterocycles. The number of ether oxygens (including phenoxy) is 3. The summed E-state index contributed by atoms with van der Waals surface area (Å²) >= 11 is 0. The molecule has 27 heavy (non-hydrogen) atoms. The van der Waals surface area contributed by atoms with Gasteiger partial charge in [-0.1, -0.05) is 17.3 Å². The van der Waals surface area contributed by atoms with E-state index in [0.29, 0.717) is 34.9 Å². The standard InChI is InChI=1S/C20H22N2O5/c1-22-8-7-12-9-17-19(27-11-26-17)20(25-2)18(12)15(22)10-14(21-24)13-5-3-4-6-16(13)23/h3-6,9,15,23-24H,7-8,10-11H2,1-2H3/t15-/m0/s1. The minimum Gasteiger partial charge on any atom is -0.507 e. The fourth-order valence-corrected chi connectivity index (χ4v) is 3.89. The molecule has 2 aromatic carbocycles. The van der Waals surface area contributed by atoms with Crippen molar-refractivity contribution >= 4 is 5.71 Å². The second-order valence-electron chi connectivity index (χ2n) is 6.73. The molecule has 7 nitrogen and oxygen atoms in total. The third-order valence-corrected chi connectivity index (χ3v) is 5.27. The molecule has 7 heteroatoms. The quantitative estimate of drug-likeness (QED) is 0.489. The first kappa shape index (κ1) is 17.5. The molecule has 4 rings (SSSR count). The SMILES string of the molecule is COc1c2c(cc3c1[C@H](CC(=NO)c1ccccc1O)N(C)CC3)OCO2. The van der Waals surface area contributed by atoms with Crippen LogP contribution >= 0.6 is 0 Å². The van der Waals surface area contributed by atoms with Crippen molar-refractivity contribution in [1.29, 1.82) is 0 Å². The van der Waals surface area contributed by atoms with Crippen LogP contribution in [0.25, 0.3) is 0 Å². The maximum absolute atomic E-state index is 10.2. The third-order valence-electron chi connectivity index (χ3n) is 5.27. The molecule has 2 aliphatic rings. The van der Waals surface area contributed by atoms with E-state index < -0.39 is 0 Å². The normalized spacial score (nSPS) is 19.0. The van der Waals surface area contributed by atoms with Crippen molar-refractivity contribution in [2.75, 3.05) is 27.5 Å². The van der Waals surface area contributed by atoms with Gasteiger partial charge in [0.25, 0.3) is 0 Å². The van der Waals surface area contributed by atoms with Crippen molar-refractivity contribution in [2.45, 2.75) is 18.9 Å². The summed E-state index contributed by atoms with van der Waals surface area (Å²) in [6.45, 7) is 1.02. The Morgan fingerprint density at radius 3 is 2.89 bits per heavy atom. The summed E-state index contributed by atoms with van der Waals surface area (Å²) in [6, 6.07) is 8.78. The Balaban J connectivity index is 1.78. The van der Waals surface area contributed by atoms with E-state index in [1.54, 1.807) is 31.4 Å². The van der Waals surface area contributed by atoms with Gasteiger partial charge in [-0.3, -0.25) is 4.90 Å². The minimum atomic E-state index is -0.0938. The Kier molecular flexibility index (Phi) is 4.53. The van der Waals surface area contributed by atoms with Crippen molar-refractivity contribution in [3.8, 4) is 23.0 Å². The van der Waals surface area contributed by atoms with Gasteiger partial charge in [-0.2, -0.15) is 0 Å². The van der Waals surface area contributed by atoms with Crippen LogP contribution in [-0.4, -0.2) is 48.4 Å². The second kappa shape index (κ2) is 7.00. The van der Waals surface area contributed by atoms with Crippen LogP contribution in [-0.2, 0) is 6.42 Å². The Hall–Kier alpha value is -2.93. The molecule has 2 aromatic rings. The van der Waals surface area contributed by atoms with Crippen molar-refractivity contribution in [3.63, 3.8) is 0 Å². The van der Waals surface area contributed by atoms with Gasteiger partial charge >= 0.3 is 0 Å². The number of phenolic OH excluding ortho intramolecular Hbond substituents is 1. The Bertz CT molecular complexity index is 896. The van der Waals surface area contributed by atoms with Crippen molar-refractivity contribution < 1.29 is 24.5 Å². The van der Waals surface area contributed by atoms with Gasteiger partial charge in [0.15, 0.2) is 11.5 Å². The number of phenols is 1. The lowest BCUT2D eigenvalue weighted by Crippen LogP contribution is -2.34. The number of rotatable bonds is 4. The summed E-state index contributed by atoms with van der Waals surface area (Å²) in [4.78, 5) is 2.19. The van der Waals surface area contributed by atoms with E-state index in [1.165, 1.54) is 0 Å². The highest BCUT2D eigenvalue weighted by molar-refractivity contribution is 6.02. The Labute approximate surface area is 157 Å². The molecule has 0 saturated heterocycles. The maximum Gasteiger partial charge on any atom is 0.231 e. The number of aromatic hydroxyl groups is 1. The number of oxime groups is 1. The lowest BCUT2D eigenvalue weighted by molar-refractivity contribution is 0.170. The number of fused-ring (bicyclic) bond motifs is 2. The fourth-order valence-electron chi connectivity index (χ4n) is 3.89. The number of hydrogen-bond acceptors (Lipinski definition) is 7. The monoisotopic (exact) mass is 370 g/mol. The van der Waals surface area contributed by atoms with E-state index in [4.69, 9.17) is 14.2 Å². The zero-order valence-electron chi connectivity index (χ0n) is 15.3. The first-order chi connectivity index (χ1) is 13.1. The summed E-state index contributed by atoms with van der Waals surface area (Å²) in [5.74, 6) is 2.06. The predicted molar refractivity (Wildman–Crippen MR) is 99.2 cm³/mol. The molecule has 0 aromatic heterocycles. The summed E-state index contributed by atoms with van der Waals surface area (Å²) in [5, 5.41) is 23.3. The Morgan fingerprint density at radius 1 is 1.33 bits per heavy atom. The molecule has 0 saturated carbocycles. The zero-order valence-corrected chi connectivity index (χ0v) is 15.3. The minimum absolute atomic E-state index is 0.0848. The van der Waals surface area contributed by atoms with Crippen LogP contribution < -0.4 is 14.2 Å². The van der Waals surface area contributed by atoms with Gasteiger partial charge in [0.2, 0.25) is 12.5 Å². The molecule has 0 unspecified atom stereocenters. The summed E-state index contributed by atoms with van der Waals surface area (Å²) in [7, 11) is 3.64. The van der Waals surface area contributed by atoms with E-state index in [2.05, 4.69) is 10.1 Å². The first-order valence-electron chi connectivity index (χ1n) is 8.83. The third kappa shape index (κ3) is 2.94. The Morgan fingerprint density at radius 2 is 2.15 bits per heavy atom. The lowest BCUT2D eigenvalue weighted by atomic mass is 9.87. The van der Waals surface area contributed by atoms with Crippen molar-refractivity contribution in [2.24, 2.45) is 5.16 Å². The zero-order chi connectivity index (χ0) is 19.0. The van der Waals surface area contributed by atoms with Crippen molar-refractivity contribution in [3.05, 3.63) is 47.0 Å². The molecular weight excluding hydrogens is 348 g/mol. The average Bonchev–Trinajstić information content (AvgIpc) is 3.15. The largest absolute Gasteiger partial charge is 0.507 e. The molecule has 0 bridgehead atoms. The van der Waals surface area contributed by atoms with Gasteiger partial charge in [0.05, 0.1) is 12.8 Å². The van der Waals surface area contributed by atoms with Gasteiger partial charge in [-0.25, -0.2) is 0 Å². The molecule has 1 atom stereocenters.